The molecular weight excluding hydrogens is 641 g/mol. The normalized spacial score (nSPS) is 12.8. The van der Waals surface area contributed by atoms with Crippen molar-refractivity contribution in [2.24, 2.45) is 0 Å². The highest BCUT2D eigenvalue weighted by molar-refractivity contribution is 5.69. The third-order valence-electron chi connectivity index (χ3n) is 9.75. The zero-order valence-electron chi connectivity index (χ0n) is 34.4. The molecule has 0 saturated carbocycles. The van der Waals surface area contributed by atoms with E-state index < -0.39 is 5.97 Å². The Hall–Kier alpha value is -2.36. The van der Waals surface area contributed by atoms with E-state index in [1.165, 1.54) is 109 Å². The molecule has 0 aliphatic rings. The van der Waals surface area contributed by atoms with E-state index in [0.717, 1.165) is 89.9 Å². The molecule has 0 aliphatic heterocycles. The minimum absolute atomic E-state index is 0.0212. The van der Waals surface area contributed by atoms with Crippen LogP contribution in [-0.4, -0.2) is 23.1 Å². The van der Waals surface area contributed by atoms with E-state index in [4.69, 9.17) is 9.84 Å². The average molecular weight is 725 g/mol. The van der Waals surface area contributed by atoms with Gasteiger partial charge >= 0.3 is 11.9 Å². The van der Waals surface area contributed by atoms with Gasteiger partial charge in [-0.05, 0) is 77.0 Å². The molecule has 1 atom stereocenters. The maximum Gasteiger partial charge on any atom is 0.306 e. The summed E-state index contributed by atoms with van der Waals surface area (Å²) in [6, 6.07) is 0. The van der Waals surface area contributed by atoms with Crippen LogP contribution in [-0.2, 0) is 14.3 Å². The van der Waals surface area contributed by atoms with E-state index in [1.807, 2.05) is 0 Å². The molecule has 52 heavy (non-hydrogen) atoms. The van der Waals surface area contributed by atoms with Crippen LogP contribution >= 0.6 is 0 Å². The summed E-state index contributed by atoms with van der Waals surface area (Å²) in [5.41, 5.74) is 0. The molecule has 0 radical (unpaired) electrons. The number of hydrogen-bond donors (Lipinski definition) is 1. The number of carboxylic acids is 1. The maximum atomic E-state index is 12.6. The molecule has 0 amide bonds. The molecule has 4 nitrogen and oxygen atoms in total. The Kier molecular flexibility index (Phi) is 41.1. The number of allylic oxidation sites excluding steroid dienone is 10. The summed E-state index contributed by atoms with van der Waals surface area (Å²) in [7, 11) is 0. The Bertz CT molecular complexity index is 911. The Morgan fingerprint density at radius 3 is 1.25 bits per heavy atom. The number of hydrogen-bond acceptors (Lipinski definition) is 3. The first-order valence-corrected chi connectivity index (χ1v) is 22.3. The second-order valence-corrected chi connectivity index (χ2v) is 14.9. The van der Waals surface area contributed by atoms with Gasteiger partial charge in [0.15, 0.2) is 0 Å². The molecule has 4 heteroatoms. The van der Waals surface area contributed by atoms with Crippen molar-refractivity contribution in [3.8, 4) is 0 Å². The summed E-state index contributed by atoms with van der Waals surface area (Å²) in [5, 5.41) is 8.67. The summed E-state index contributed by atoms with van der Waals surface area (Å²) >= 11 is 0. The number of ether oxygens (including phenoxy) is 1. The van der Waals surface area contributed by atoms with E-state index in [-0.39, 0.29) is 12.1 Å². The predicted octanol–water partition coefficient (Wildman–Crippen LogP) is 15.7. The first kappa shape index (κ1) is 49.6. The van der Waals surface area contributed by atoms with Crippen molar-refractivity contribution in [3.63, 3.8) is 0 Å². The Morgan fingerprint density at radius 1 is 0.442 bits per heavy atom. The van der Waals surface area contributed by atoms with Crippen molar-refractivity contribution >= 4 is 11.9 Å². The molecule has 0 aliphatic carbocycles. The third-order valence-corrected chi connectivity index (χ3v) is 9.75. The number of carboxylic acid groups (broad SMARTS) is 1. The Labute approximate surface area is 323 Å². The van der Waals surface area contributed by atoms with Gasteiger partial charge in [-0.3, -0.25) is 9.59 Å². The topological polar surface area (TPSA) is 63.6 Å². The molecule has 1 unspecified atom stereocenters. The zero-order chi connectivity index (χ0) is 37.8. The first-order valence-electron chi connectivity index (χ1n) is 22.3. The fraction of sp³-hybridized carbons (Fsp3) is 0.750. The predicted molar refractivity (Wildman–Crippen MR) is 227 cm³/mol. The molecule has 0 aromatic carbocycles. The number of rotatable bonds is 40. The maximum absolute atomic E-state index is 12.6. The van der Waals surface area contributed by atoms with Crippen LogP contribution in [0, 0.1) is 0 Å². The molecule has 0 spiro atoms. The number of carbonyl (C=O) groups excluding carboxylic acids is 1. The number of carbonyl (C=O) groups is 2. The van der Waals surface area contributed by atoms with Gasteiger partial charge in [0, 0.05) is 12.8 Å². The smallest absolute Gasteiger partial charge is 0.306 e. The summed E-state index contributed by atoms with van der Waals surface area (Å²) in [4.78, 5) is 23.1. The lowest BCUT2D eigenvalue weighted by molar-refractivity contribution is -0.150. The minimum atomic E-state index is -0.664. The van der Waals surface area contributed by atoms with Crippen LogP contribution in [0.4, 0.5) is 0 Å². The zero-order valence-corrected chi connectivity index (χ0v) is 34.4. The van der Waals surface area contributed by atoms with Gasteiger partial charge < -0.3 is 9.84 Å². The van der Waals surface area contributed by atoms with Crippen LogP contribution in [0.2, 0.25) is 0 Å². The SMILES string of the molecule is CC/C=C\C/C=C\C/C=C\C/C=C\C/C=C\CCCCCCCC(=O)OC(CCCC)CCCCCCCCCCCCCCCCCCC(=O)O. The van der Waals surface area contributed by atoms with Gasteiger partial charge in [0.25, 0.3) is 0 Å². The molecule has 0 aromatic rings. The van der Waals surface area contributed by atoms with Crippen LogP contribution in [0.15, 0.2) is 60.8 Å². The van der Waals surface area contributed by atoms with Gasteiger partial charge in [0.1, 0.15) is 6.10 Å². The molecule has 0 fully saturated rings. The highest BCUT2D eigenvalue weighted by Crippen LogP contribution is 2.18. The van der Waals surface area contributed by atoms with E-state index in [2.05, 4.69) is 74.6 Å². The lowest BCUT2D eigenvalue weighted by atomic mass is 10.0. The molecule has 0 aromatic heterocycles. The van der Waals surface area contributed by atoms with E-state index in [1.54, 1.807) is 0 Å². The van der Waals surface area contributed by atoms with Gasteiger partial charge in [-0.2, -0.15) is 0 Å². The summed E-state index contributed by atoms with van der Waals surface area (Å²) in [6.07, 6.45) is 60.2. The minimum Gasteiger partial charge on any atom is -0.481 e. The summed E-state index contributed by atoms with van der Waals surface area (Å²) < 4.78 is 5.95. The van der Waals surface area contributed by atoms with Crippen LogP contribution in [0.5, 0.6) is 0 Å². The average Bonchev–Trinajstić information content (AvgIpc) is 3.13. The van der Waals surface area contributed by atoms with E-state index in [0.29, 0.717) is 12.8 Å². The van der Waals surface area contributed by atoms with Crippen molar-refractivity contribution in [2.75, 3.05) is 0 Å². The molecule has 300 valence electrons. The lowest BCUT2D eigenvalue weighted by Gasteiger charge is -2.18. The van der Waals surface area contributed by atoms with E-state index >= 15 is 0 Å². The van der Waals surface area contributed by atoms with Crippen LogP contribution in [0.25, 0.3) is 0 Å². The monoisotopic (exact) mass is 725 g/mol. The molecule has 0 bridgehead atoms. The molecular formula is C48H84O4. The van der Waals surface area contributed by atoms with Gasteiger partial charge in [0.2, 0.25) is 0 Å². The van der Waals surface area contributed by atoms with E-state index in [9.17, 15) is 9.59 Å². The number of aliphatic carboxylic acids is 1. The molecule has 0 rings (SSSR count). The largest absolute Gasteiger partial charge is 0.481 e. The summed E-state index contributed by atoms with van der Waals surface area (Å²) in [6.45, 7) is 4.38. The van der Waals surface area contributed by atoms with Crippen LogP contribution < -0.4 is 0 Å². The van der Waals surface area contributed by atoms with Crippen molar-refractivity contribution in [1.82, 2.24) is 0 Å². The van der Waals surface area contributed by atoms with Crippen molar-refractivity contribution in [2.45, 2.75) is 232 Å². The number of esters is 1. The second-order valence-electron chi connectivity index (χ2n) is 14.9. The second kappa shape index (κ2) is 43.0. The quantitative estimate of drug-likeness (QED) is 0.0388. The Morgan fingerprint density at radius 2 is 0.808 bits per heavy atom. The standard InChI is InChI=1S/C48H84O4/c1-3-5-7-8-9-10-11-12-13-14-15-16-17-18-23-26-29-32-35-38-41-45-48(51)52-46(42-6-4-2)43-39-36-33-30-27-24-21-19-20-22-25-28-31-34-37-40-44-47(49)50/h5,7,9-10,12-13,15-16,18,23,46H,3-4,6,8,11,14,17,19-22,24-45H2,1-2H3,(H,49,50)/b7-5-,10-9-,13-12-,16-15-,23-18-. The van der Waals surface area contributed by atoms with Crippen molar-refractivity contribution in [1.29, 1.82) is 0 Å². The fourth-order valence-corrected chi connectivity index (χ4v) is 6.49. The lowest BCUT2D eigenvalue weighted by Crippen LogP contribution is -2.18. The third kappa shape index (κ3) is 42.1. The van der Waals surface area contributed by atoms with Crippen LogP contribution in [0.1, 0.15) is 226 Å². The van der Waals surface area contributed by atoms with Gasteiger partial charge in [-0.25, -0.2) is 0 Å². The van der Waals surface area contributed by atoms with Crippen molar-refractivity contribution in [3.05, 3.63) is 60.8 Å². The van der Waals surface area contributed by atoms with Gasteiger partial charge in [-0.1, -0.05) is 197 Å². The van der Waals surface area contributed by atoms with Crippen LogP contribution in [0.3, 0.4) is 0 Å². The highest BCUT2D eigenvalue weighted by Gasteiger charge is 2.14. The van der Waals surface area contributed by atoms with Gasteiger partial charge in [-0.15, -0.1) is 0 Å². The first-order chi connectivity index (χ1) is 25.6. The molecule has 0 saturated heterocycles. The Balaban J connectivity index is 3.67. The fourth-order valence-electron chi connectivity index (χ4n) is 6.49. The highest BCUT2D eigenvalue weighted by atomic mass is 16.5. The number of unbranched alkanes of at least 4 members (excludes halogenated alkanes) is 21. The van der Waals surface area contributed by atoms with Gasteiger partial charge in [0.05, 0.1) is 0 Å². The van der Waals surface area contributed by atoms with Crippen molar-refractivity contribution < 1.29 is 19.4 Å². The molecule has 0 heterocycles. The molecule has 1 N–H and O–H groups in total. The summed E-state index contributed by atoms with van der Waals surface area (Å²) in [5.74, 6) is -0.643.